The highest BCUT2D eigenvalue weighted by atomic mass is 16.5. The molecule has 0 spiro atoms. The van der Waals surface area contributed by atoms with Crippen molar-refractivity contribution < 1.29 is 14.2 Å². The van der Waals surface area contributed by atoms with Crippen LogP contribution in [-0.4, -0.2) is 70.6 Å². The summed E-state index contributed by atoms with van der Waals surface area (Å²) in [6.07, 6.45) is 3.39. The molecule has 2 rings (SSSR count). The van der Waals surface area contributed by atoms with Crippen molar-refractivity contribution in [3.8, 4) is 5.75 Å². The zero-order chi connectivity index (χ0) is 17.7. The van der Waals surface area contributed by atoms with Crippen molar-refractivity contribution in [1.29, 1.82) is 0 Å². The van der Waals surface area contributed by atoms with Gasteiger partial charge in [-0.2, -0.15) is 0 Å². The Morgan fingerprint density at radius 2 is 1.92 bits per heavy atom. The van der Waals surface area contributed by atoms with Gasteiger partial charge in [-0.25, -0.2) is 0 Å². The molecule has 1 aromatic rings. The van der Waals surface area contributed by atoms with E-state index in [4.69, 9.17) is 14.2 Å². The van der Waals surface area contributed by atoms with Crippen molar-refractivity contribution in [3.63, 3.8) is 0 Å². The molecule has 0 aromatic heterocycles. The maximum atomic E-state index is 5.91. The largest absolute Gasteiger partial charge is 0.492 e. The first-order chi connectivity index (χ1) is 12.3. The van der Waals surface area contributed by atoms with E-state index in [-0.39, 0.29) is 0 Å². The summed E-state index contributed by atoms with van der Waals surface area (Å²) < 4.78 is 16.7. The molecule has 1 heterocycles. The van der Waals surface area contributed by atoms with Gasteiger partial charge in [0.1, 0.15) is 12.4 Å². The lowest BCUT2D eigenvalue weighted by Crippen LogP contribution is -2.47. The lowest BCUT2D eigenvalue weighted by atomic mass is 10.1. The van der Waals surface area contributed by atoms with Crippen molar-refractivity contribution >= 4 is 5.96 Å². The van der Waals surface area contributed by atoms with Gasteiger partial charge in [0, 0.05) is 40.5 Å². The maximum Gasteiger partial charge on any atom is 0.193 e. The smallest absolute Gasteiger partial charge is 0.193 e. The summed E-state index contributed by atoms with van der Waals surface area (Å²) in [5.74, 6) is 1.83. The van der Waals surface area contributed by atoms with Gasteiger partial charge >= 0.3 is 0 Å². The van der Waals surface area contributed by atoms with E-state index < -0.39 is 0 Å². The van der Waals surface area contributed by atoms with E-state index in [0.29, 0.717) is 12.7 Å². The highest BCUT2D eigenvalue weighted by Gasteiger charge is 2.21. The van der Waals surface area contributed by atoms with Crippen molar-refractivity contribution in [2.24, 2.45) is 4.99 Å². The third-order valence-corrected chi connectivity index (χ3v) is 4.20. The van der Waals surface area contributed by atoms with Gasteiger partial charge in [-0.15, -0.1) is 0 Å². The Bertz CT molecular complexity index is 488. The lowest BCUT2D eigenvalue weighted by molar-refractivity contribution is 0.00989. The highest BCUT2D eigenvalue weighted by Crippen LogP contribution is 2.14. The average molecular weight is 349 g/mol. The van der Waals surface area contributed by atoms with Crippen LogP contribution in [0, 0.1) is 0 Å². The highest BCUT2D eigenvalue weighted by molar-refractivity contribution is 5.79. The number of para-hydroxylation sites is 1. The number of aliphatic imine (C=N–C) groups is 1. The number of hydrogen-bond acceptors (Lipinski definition) is 4. The first-order valence-corrected chi connectivity index (χ1v) is 9.07. The normalized spacial score (nSPS) is 16.1. The fourth-order valence-electron chi connectivity index (χ4n) is 2.87. The predicted octanol–water partition coefficient (Wildman–Crippen LogP) is 2.16. The van der Waals surface area contributed by atoms with Gasteiger partial charge in [0.2, 0.25) is 0 Å². The predicted molar refractivity (Wildman–Crippen MR) is 100 cm³/mol. The molecule has 1 fully saturated rings. The summed E-state index contributed by atoms with van der Waals surface area (Å²) in [5.41, 5.74) is 0. The Balaban J connectivity index is 1.61. The van der Waals surface area contributed by atoms with Crippen LogP contribution in [0.3, 0.4) is 0 Å². The van der Waals surface area contributed by atoms with Crippen LogP contribution in [0.1, 0.15) is 19.3 Å². The van der Waals surface area contributed by atoms with Crippen molar-refractivity contribution in [2.45, 2.75) is 25.4 Å². The average Bonchev–Trinajstić information content (AvgIpc) is 2.67. The molecule has 1 aliphatic heterocycles. The van der Waals surface area contributed by atoms with Gasteiger partial charge in [-0.1, -0.05) is 18.2 Å². The fraction of sp³-hybridized carbons (Fsp3) is 0.632. The molecular formula is C19H31N3O3. The van der Waals surface area contributed by atoms with E-state index in [1.54, 1.807) is 7.11 Å². The zero-order valence-corrected chi connectivity index (χ0v) is 15.4. The molecule has 25 heavy (non-hydrogen) atoms. The molecule has 6 heteroatoms. The van der Waals surface area contributed by atoms with E-state index >= 15 is 0 Å². The molecule has 140 valence electrons. The standard InChI is InChI=1S/C19H31N3O3/c1-20-19(21-11-16-25-17-7-4-3-5-8-17)22-12-9-18(10-13-22)24-15-6-14-23-2/h3-5,7-8,18H,6,9-16H2,1-2H3,(H,20,21). The van der Waals surface area contributed by atoms with Crippen LogP contribution in [0.25, 0.3) is 0 Å². The van der Waals surface area contributed by atoms with Gasteiger partial charge in [-0.05, 0) is 31.4 Å². The Labute approximate surface area is 151 Å². The molecule has 6 nitrogen and oxygen atoms in total. The minimum Gasteiger partial charge on any atom is -0.492 e. The van der Waals surface area contributed by atoms with E-state index in [0.717, 1.165) is 63.8 Å². The molecule has 1 N–H and O–H groups in total. The van der Waals surface area contributed by atoms with E-state index in [1.165, 1.54) is 0 Å². The Morgan fingerprint density at radius 1 is 1.16 bits per heavy atom. The summed E-state index contributed by atoms with van der Waals surface area (Å²) in [7, 11) is 3.55. The molecule has 0 atom stereocenters. The number of rotatable bonds is 9. The number of piperidine rings is 1. The second-order valence-electron chi connectivity index (χ2n) is 6.04. The third kappa shape index (κ3) is 7.32. The molecule has 1 aromatic carbocycles. The molecule has 0 unspecified atom stereocenters. The number of guanidine groups is 1. The number of likely N-dealkylation sites (tertiary alicyclic amines) is 1. The van der Waals surface area contributed by atoms with Crippen LogP contribution < -0.4 is 10.1 Å². The molecule has 0 bridgehead atoms. The van der Waals surface area contributed by atoms with Gasteiger partial charge in [0.25, 0.3) is 0 Å². The summed E-state index contributed by atoms with van der Waals surface area (Å²) >= 11 is 0. The van der Waals surface area contributed by atoms with Crippen LogP contribution in [0.15, 0.2) is 35.3 Å². The van der Waals surface area contributed by atoms with Crippen LogP contribution >= 0.6 is 0 Å². The first-order valence-electron chi connectivity index (χ1n) is 9.07. The maximum absolute atomic E-state index is 5.91. The topological polar surface area (TPSA) is 55.3 Å². The summed E-state index contributed by atoms with van der Waals surface area (Å²) in [5, 5.41) is 3.38. The van der Waals surface area contributed by atoms with Gasteiger partial charge in [0.15, 0.2) is 5.96 Å². The van der Waals surface area contributed by atoms with Gasteiger partial charge in [-0.3, -0.25) is 4.99 Å². The van der Waals surface area contributed by atoms with Crippen molar-refractivity contribution in [3.05, 3.63) is 30.3 Å². The molecule has 1 aliphatic rings. The number of methoxy groups -OCH3 is 1. The second kappa shape index (κ2) is 11.7. The number of nitrogens with zero attached hydrogens (tertiary/aromatic N) is 2. The lowest BCUT2D eigenvalue weighted by Gasteiger charge is -2.34. The third-order valence-electron chi connectivity index (χ3n) is 4.20. The Kier molecular flexibility index (Phi) is 9.15. The summed E-state index contributed by atoms with van der Waals surface area (Å²) in [6.45, 7) is 4.82. The van der Waals surface area contributed by atoms with Crippen LogP contribution in [0.5, 0.6) is 5.75 Å². The first kappa shape index (κ1) is 19.5. The summed E-state index contributed by atoms with van der Waals surface area (Å²) in [6, 6.07) is 9.86. The molecule has 0 amide bonds. The minimum absolute atomic E-state index is 0.354. The molecule has 0 aliphatic carbocycles. The van der Waals surface area contributed by atoms with Crippen LogP contribution in [-0.2, 0) is 9.47 Å². The number of ether oxygens (including phenoxy) is 3. The molecular weight excluding hydrogens is 318 g/mol. The quantitative estimate of drug-likeness (QED) is 0.421. The fourth-order valence-corrected chi connectivity index (χ4v) is 2.87. The zero-order valence-electron chi connectivity index (χ0n) is 15.4. The van der Waals surface area contributed by atoms with Gasteiger partial charge in [0.05, 0.1) is 12.6 Å². The molecule has 0 radical (unpaired) electrons. The van der Waals surface area contributed by atoms with Gasteiger partial charge < -0.3 is 24.4 Å². The van der Waals surface area contributed by atoms with Crippen LogP contribution in [0.4, 0.5) is 0 Å². The second-order valence-corrected chi connectivity index (χ2v) is 6.04. The van der Waals surface area contributed by atoms with E-state index in [2.05, 4.69) is 15.2 Å². The SMILES string of the molecule is CN=C(NCCOc1ccccc1)N1CCC(OCCCOC)CC1. The van der Waals surface area contributed by atoms with Crippen molar-refractivity contribution in [1.82, 2.24) is 10.2 Å². The monoisotopic (exact) mass is 349 g/mol. The Hall–Kier alpha value is -1.79. The van der Waals surface area contributed by atoms with Crippen LogP contribution in [0.2, 0.25) is 0 Å². The molecule has 1 saturated heterocycles. The minimum atomic E-state index is 0.354. The number of nitrogens with one attached hydrogen (secondary N) is 1. The van der Waals surface area contributed by atoms with Crippen molar-refractivity contribution in [2.75, 3.05) is 53.6 Å². The number of hydrogen-bond donors (Lipinski definition) is 1. The Morgan fingerprint density at radius 3 is 2.60 bits per heavy atom. The molecule has 0 saturated carbocycles. The summed E-state index contributed by atoms with van der Waals surface area (Å²) in [4.78, 5) is 6.68. The van der Waals surface area contributed by atoms with E-state index in [1.807, 2.05) is 37.4 Å². The van der Waals surface area contributed by atoms with E-state index in [9.17, 15) is 0 Å². The number of benzene rings is 1.